The van der Waals surface area contributed by atoms with Gasteiger partial charge in [0.05, 0.1) is 23.9 Å². The quantitative estimate of drug-likeness (QED) is 0.774. The van der Waals surface area contributed by atoms with Crippen LogP contribution in [0.3, 0.4) is 0 Å². The summed E-state index contributed by atoms with van der Waals surface area (Å²) in [7, 11) is 0. The Morgan fingerprint density at radius 1 is 1.04 bits per heavy atom. The van der Waals surface area contributed by atoms with E-state index in [-0.39, 0.29) is 24.0 Å². The van der Waals surface area contributed by atoms with Gasteiger partial charge in [-0.05, 0) is 36.5 Å². The van der Waals surface area contributed by atoms with Crippen LogP contribution >= 0.6 is 0 Å². The Labute approximate surface area is 160 Å². The van der Waals surface area contributed by atoms with Crippen LogP contribution in [0.4, 0.5) is 5.69 Å². The SMILES string of the molecule is CC[C@@H]1C[C@@H]2[C@H](CC1(C#N)C#N)[C@@H](c1ccccc1)ON2c1ccccc1. The van der Waals surface area contributed by atoms with Crippen LogP contribution in [0, 0.1) is 39.9 Å². The summed E-state index contributed by atoms with van der Waals surface area (Å²) in [5.41, 5.74) is 1.20. The molecule has 4 rings (SSSR count). The van der Waals surface area contributed by atoms with Gasteiger partial charge in [0.1, 0.15) is 11.5 Å². The highest BCUT2D eigenvalue weighted by Crippen LogP contribution is 2.55. The Morgan fingerprint density at radius 3 is 2.26 bits per heavy atom. The summed E-state index contributed by atoms with van der Waals surface area (Å²) in [5, 5.41) is 21.8. The lowest BCUT2D eigenvalue weighted by Crippen LogP contribution is -2.45. The van der Waals surface area contributed by atoms with Crippen molar-refractivity contribution >= 4 is 5.69 Å². The molecule has 1 heterocycles. The molecule has 2 aromatic carbocycles. The fourth-order valence-electron chi connectivity index (χ4n) is 4.79. The van der Waals surface area contributed by atoms with Gasteiger partial charge in [-0.1, -0.05) is 61.9 Å². The number of hydrogen-bond donors (Lipinski definition) is 0. The predicted molar refractivity (Wildman–Crippen MR) is 103 cm³/mol. The summed E-state index contributed by atoms with van der Waals surface area (Å²) in [5.74, 6) is 0.160. The molecular weight excluding hydrogens is 334 g/mol. The molecule has 0 N–H and O–H groups in total. The third kappa shape index (κ3) is 2.87. The minimum Gasteiger partial charge on any atom is -0.265 e. The minimum atomic E-state index is -0.932. The molecule has 4 heteroatoms. The maximum Gasteiger partial charge on any atom is 0.147 e. The second kappa shape index (κ2) is 7.06. The first-order chi connectivity index (χ1) is 13.2. The van der Waals surface area contributed by atoms with E-state index in [1.807, 2.05) is 41.5 Å². The smallest absolute Gasteiger partial charge is 0.147 e. The van der Waals surface area contributed by atoms with Crippen molar-refractivity contribution in [2.24, 2.45) is 17.3 Å². The Kier molecular flexibility index (Phi) is 4.60. The van der Waals surface area contributed by atoms with Crippen LogP contribution in [-0.4, -0.2) is 6.04 Å². The molecule has 4 atom stereocenters. The van der Waals surface area contributed by atoms with Crippen molar-refractivity contribution in [1.29, 1.82) is 10.5 Å². The van der Waals surface area contributed by atoms with Crippen molar-refractivity contribution in [3.8, 4) is 12.1 Å². The monoisotopic (exact) mass is 357 g/mol. The summed E-state index contributed by atoms with van der Waals surface area (Å²) >= 11 is 0. The van der Waals surface area contributed by atoms with Gasteiger partial charge < -0.3 is 0 Å². The van der Waals surface area contributed by atoms with E-state index >= 15 is 0 Å². The molecule has 1 saturated carbocycles. The highest BCUT2D eigenvalue weighted by Gasteiger charge is 2.56. The predicted octanol–water partition coefficient (Wildman–Crippen LogP) is 5.02. The van der Waals surface area contributed by atoms with Crippen LogP contribution in [0.1, 0.15) is 37.9 Å². The zero-order chi connectivity index (χ0) is 18.9. The van der Waals surface area contributed by atoms with Crippen molar-refractivity contribution in [3.05, 3.63) is 66.2 Å². The van der Waals surface area contributed by atoms with Gasteiger partial charge in [0.25, 0.3) is 0 Å². The van der Waals surface area contributed by atoms with E-state index in [0.717, 1.165) is 24.1 Å². The Bertz CT molecular complexity index is 854. The molecule has 2 aromatic rings. The van der Waals surface area contributed by atoms with E-state index < -0.39 is 5.41 Å². The summed E-state index contributed by atoms with van der Waals surface area (Å²) in [6, 6.07) is 25.2. The van der Waals surface area contributed by atoms with Crippen molar-refractivity contribution in [2.45, 2.75) is 38.3 Å². The van der Waals surface area contributed by atoms with Gasteiger partial charge in [-0.3, -0.25) is 9.90 Å². The van der Waals surface area contributed by atoms with Gasteiger partial charge >= 0.3 is 0 Å². The maximum absolute atomic E-state index is 9.88. The topological polar surface area (TPSA) is 60.1 Å². The molecule has 2 fully saturated rings. The molecule has 0 bridgehead atoms. The number of hydrogen-bond acceptors (Lipinski definition) is 4. The number of para-hydroxylation sites is 1. The molecule has 0 aromatic heterocycles. The molecule has 0 spiro atoms. The third-order valence-corrected chi connectivity index (χ3v) is 6.22. The first kappa shape index (κ1) is 17.6. The van der Waals surface area contributed by atoms with Crippen molar-refractivity contribution in [1.82, 2.24) is 0 Å². The highest BCUT2D eigenvalue weighted by molar-refractivity contribution is 5.47. The molecule has 4 nitrogen and oxygen atoms in total. The molecule has 0 amide bonds. The molecule has 1 aliphatic carbocycles. The van der Waals surface area contributed by atoms with Gasteiger partial charge in [0.2, 0.25) is 0 Å². The second-order valence-corrected chi connectivity index (χ2v) is 7.57. The zero-order valence-electron chi connectivity index (χ0n) is 15.5. The molecule has 1 aliphatic heterocycles. The lowest BCUT2D eigenvalue weighted by atomic mass is 9.60. The first-order valence-electron chi connectivity index (χ1n) is 9.61. The van der Waals surface area contributed by atoms with Gasteiger partial charge in [-0.25, -0.2) is 0 Å². The number of nitrogens with zero attached hydrogens (tertiary/aromatic N) is 3. The van der Waals surface area contributed by atoms with E-state index in [2.05, 4.69) is 43.3 Å². The van der Waals surface area contributed by atoms with Crippen LogP contribution in [0.2, 0.25) is 0 Å². The summed E-state index contributed by atoms with van der Waals surface area (Å²) in [6.45, 7) is 2.08. The zero-order valence-corrected chi connectivity index (χ0v) is 15.5. The summed E-state index contributed by atoms with van der Waals surface area (Å²) in [6.07, 6.45) is 2.02. The van der Waals surface area contributed by atoms with Crippen LogP contribution in [0.15, 0.2) is 60.7 Å². The van der Waals surface area contributed by atoms with Crippen molar-refractivity contribution in [2.75, 3.05) is 5.06 Å². The van der Waals surface area contributed by atoms with Gasteiger partial charge in [-0.2, -0.15) is 10.5 Å². The van der Waals surface area contributed by atoms with E-state index in [1.165, 1.54) is 0 Å². The normalized spacial score (nSPS) is 28.8. The molecular formula is C23H23N3O. The second-order valence-electron chi connectivity index (χ2n) is 7.57. The van der Waals surface area contributed by atoms with Crippen LogP contribution in [-0.2, 0) is 4.84 Å². The van der Waals surface area contributed by atoms with Crippen LogP contribution in [0.5, 0.6) is 0 Å². The number of rotatable bonds is 3. The van der Waals surface area contributed by atoms with Crippen molar-refractivity contribution < 1.29 is 4.84 Å². The average molecular weight is 357 g/mol. The van der Waals surface area contributed by atoms with Gasteiger partial charge in [0, 0.05) is 5.92 Å². The number of benzene rings is 2. The van der Waals surface area contributed by atoms with E-state index in [9.17, 15) is 10.5 Å². The standard InChI is InChI=1S/C23H23N3O/c1-2-18-13-21-20(14-23(18,15-24)16-25)22(17-9-5-3-6-10-17)27-26(21)19-11-7-4-8-12-19/h3-12,18,20-22H,2,13-14H2,1H3/t18-,20+,21-,22-/m1/s1. The lowest BCUT2D eigenvalue weighted by molar-refractivity contribution is 0.0618. The fraction of sp³-hybridized carbons (Fsp3) is 0.391. The lowest BCUT2D eigenvalue weighted by Gasteiger charge is -2.41. The number of nitriles is 2. The first-order valence-corrected chi connectivity index (χ1v) is 9.61. The van der Waals surface area contributed by atoms with E-state index in [4.69, 9.17) is 4.84 Å². The third-order valence-electron chi connectivity index (χ3n) is 6.22. The molecule has 1 saturated heterocycles. The molecule has 0 radical (unpaired) electrons. The fourth-order valence-corrected chi connectivity index (χ4v) is 4.79. The van der Waals surface area contributed by atoms with E-state index in [0.29, 0.717) is 6.42 Å². The number of hydroxylamine groups is 1. The Morgan fingerprint density at radius 2 is 1.67 bits per heavy atom. The Hall–Kier alpha value is -2.82. The Balaban J connectivity index is 1.76. The van der Waals surface area contributed by atoms with Gasteiger partial charge in [-0.15, -0.1) is 0 Å². The highest BCUT2D eigenvalue weighted by atomic mass is 16.7. The molecule has 136 valence electrons. The van der Waals surface area contributed by atoms with E-state index in [1.54, 1.807) is 0 Å². The molecule has 27 heavy (non-hydrogen) atoms. The number of anilines is 1. The van der Waals surface area contributed by atoms with Crippen LogP contribution < -0.4 is 5.06 Å². The van der Waals surface area contributed by atoms with Crippen molar-refractivity contribution in [3.63, 3.8) is 0 Å². The van der Waals surface area contributed by atoms with Crippen LogP contribution in [0.25, 0.3) is 0 Å². The van der Waals surface area contributed by atoms with Gasteiger partial charge in [0.15, 0.2) is 0 Å². The molecule has 2 aliphatic rings. The minimum absolute atomic E-state index is 0.0538. The summed E-state index contributed by atoms with van der Waals surface area (Å²) in [4.78, 5) is 6.47. The molecule has 0 unspecified atom stereocenters. The average Bonchev–Trinajstić information content (AvgIpc) is 3.11. The number of fused-ring (bicyclic) bond motifs is 1. The summed E-state index contributed by atoms with van der Waals surface area (Å²) < 4.78 is 0. The maximum atomic E-state index is 9.88. The largest absolute Gasteiger partial charge is 0.265 e.